The van der Waals surface area contributed by atoms with Crippen molar-refractivity contribution < 1.29 is 4.79 Å². The Morgan fingerprint density at radius 2 is 1.81 bits per heavy atom. The molecule has 0 bridgehead atoms. The van der Waals surface area contributed by atoms with E-state index < -0.39 is 0 Å². The van der Waals surface area contributed by atoms with Crippen molar-refractivity contribution in [1.82, 2.24) is 10.2 Å². The maximum Gasteiger partial charge on any atom is 0.262 e. The zero-order valence-electron chi connectivity index (χ0n) is 14.6. The van der Waals surface area contributed by atoms with E-state index >= 15 is 0 Å². The molecule has 3 heterocycles. The molecule has 134 valence electrons. The number of nitrogens with one attached hydrogen (secondary N) is 1. The minimum Gasteiger partial charge on any atom is -0.349 e. The summed E-state index contributed by atoms with van der Waals surface area (Å²) < 4.78 is 0. The summed E-state index contributed by atoms with van der Waals surface area (Å²) in [6.45, 7) is 2.89. The van der Waals surface area contributed by atoms with Crippen LogP contribution < -0.4 is 5.32 Å². The Bertz CT molecular complexity index is 836. The van der Waals surface area contributed by atoms with Crippen LogP contribution in [-0.4, -0.2) is 30.4 Å². The Morgan fingerprint density at radius 3 is 2.54 bits per heavy atom. The molecule has 26 heavy (non-hydrogen) atoms. The molecule has 3 aromatic rings. The fourth-order valence-electron chi connectivity index (χ4n) is 3.54. The summed E-state index contributed by atoms with van der Waals surface area (Å²) in [4.78, 5) is 17.5. The molecule has 0 saturated carbocycles. The zero-order valence-corrected chi connectivity index (χ0v) is 16.2. The van der Waals surface area contributed by atoms with Gasteiger partial charge in [-0.1, -0.05) is 36.4 Å². The van der Waals surface area contributed by atoms with Gasteiger partial charge in [-0.2, -0.15) is 0 Å². The molecule has 1 aromatic carbocycles. The fourth-order valence-corrected chi connectivity index (χ4v) is 5.24. The van der Waals surface area contributed by atoms with Crippen molar-refractivity contribution in [3.8, 4) is 11.1 Å². The lowest BCUT2D eigenvalue weighted by atomic mass is 10.1. The van der Waals surface area contributed by atoms with Crippen LogP contribution in [0.15, 0.2) is 59.3 Å². The van der Waals surface area contributed by atoms with E-state index in [0.717, 1.165) is 29.1 Å². The zero-order chi connectivity index (χ0) is 17.8. The van der Waals surface area contributed by atoms with Gasteiger partial charge in [-0.3, -0.25) is 9.69 Å². The number of likely N-dealkylation sites (tertiary alicyclic amines) is 1. The lowest BCUT2D eigenvalue weighted by Gasteiger charge is -2.26. The van der Waals surface area contributed by atoms with Crippen molar-refractivity contribution in [3.63, 3.8) is 0 Å². The smallest absolute Gasteiger partial charge is 0.262 e. The van der Waals surface area contributed by atoms with Gasteiger partial charge in [-0.05, 0) is 54.4 Å². The first-order valence-corrected chi connectivity index (χ1v) is 10.8. The van der Waals surface area contributed by atoms with E-state index in [1.165, 1.54) is 29.1 Å². The van der Waals surface area contributed by atoms with Crippen molar-refractivity contribution in [2.24, 2.45) is 0 Å². The summed E-state index contributed by atoms with van der Waals surface area (Å²) in [6, 6.07) is 16.7. The normalized spacial score (nSPS) is 15.8. The minimum absolute atomic E-state index is 0.0274. The second-order valence-electron chi connectivity index (χ2n) is 6.51. The van der Waals surface area contributed by atoms with E-state index in [9.17, 15) is 4.79 Å². The summed E-state index contributed by atoms with van der Waals surface area (Å²) in [6.07, 6.45) is 2.50. The summed E-state index contributed by atoms with van der Waals surface area (Å²) in [5.41, 5.74) is 2.11. The van der Waals surface area contributed by atoms with E-state index in [1.54, 1.807) is 11.3 Å². The minimum atomic E-state index is 0.0274. The molecule has 1 aliphatic rings. The van der Waals surface area contributed by atoms with Crippen LogP contribution in [0.4, 0.5) is 0 Å². The van der Waals surface area contributed by atoms with Gasteiger partial charge in [0.1, 0.15) is 0 Å². The third kappa shape index (κ3) is 3.75. The van der Waals surface area contributed by atoms with Crippen LogP contribution in [0.5, 0.6) is 0 Å². The quantitative estimate of drug-likeness (QED) is 0.647. The topological polar surface area (TPSA) is 32.3 Å². The van der Waals surface area contributed by atoms with Gasteiger partial charge < -0.3 is 5.32 Å². The SMILES string of the molecule is O=C(NCC(c1cccs1)N1CCCC1)c1sccc1-c1ccccc1. The third-order valence-electron chi connectivity index (χ3n) is 4.87. The van der Waals surface area contributed by atoms with Gasteiger partial charge in [-0.25, -0.2) is 0 Å². The number of nitrogens with zero attached hydrogens (tertiary/aromatic N) is 1. The average molecular weight is 383 g/mol. The van der Waals surface area contributed by atoms with E-state index in [2.05, 4.69) is 39.9 Å². The molecule has 1 aliphatic heterocycles. The van der Waals surface area contributed by atoms with Crippen LogP contribution in [0.3, 0.4) is 0 Å². The van der Waals surface area contributed by atoms with Crippen LogP contribution in [0.25, 0.3) is 11.1 Å². The van der Waals surface area contributed by atoms with Gasteiger partial charge in [0.15, 0.2) is 0 Å². The second kappa shape index (κ2) is 8.16. The maximum absolute atomic E-state index is 12.9. The third-order valence-corrected chi connectivity index (χ3v) is 6.75. The Hall–Kier alpha value is -1.95. The Labute approximate surface area is 162 Å². The lowest BCUT2D eigenvalue weighted by molar-refractivity contribution is 0.0943. The number of thiophene rings is 2. The highest BCUT2D eigenvalue weighted by atomic mass is 32.1. The largest absolute Gasteiger partial charge is 0.349 e. The van der Waals surface area contributed by atoms with Gasteiger partial charge in [0.05, 0.1) is 10.9 Å². The van der Waals surface area contributed by atoms with Crippen LogP contribution in [-0.2, 0) is 0 Å². The van der Waals surface area contributed by atoms with Gasteiger partial charge >= 0.3 is 0 Å². The highest BCUT2D eigenvalue weighted by molar-refractivity contribution is 7.12. The van der Waals surface area contributed by atoms with Gasteiger partial charge in [0.2, 0.25) is 0 Å². The number of rotatable bonds is 6. The number of benzene rings is 1. The van der Waals surface area contributed by atoms with Crippen LogP contribution >= 0.6 is 22.7 Å². The summed E-state index contributed by atoms with van der Waals surface area (Å²) in [5, 5.41) is 7.31. The number of carbonyl (C=O) groups excluding carboxylic acids is 1. The molecular weight excluding hydrogens is 360 g/mol. The Balaban J connectivity index is 1.49. The number of hydrogen-bond acceptors (Lipinski definition) is 4. The standard InChI is InChI=1S/C21H22N2OS2/c24-21(20-17(10-14-26-20)16-7-2-1-3-8-16)22-15-18(19-9-6-13-25-19)23-11-4-5-12-23/h1-3,6-10,13-14,18H,4-5,11-12,15H2,(H,22,24). The first-order chi connectivity index (χ1) is 12.8. The monoisotopic (exact) mass is 382 g/mol. The number of hydrogen-bond donors (Lipinski definition) is 1. The van der Waals surface area contributed by atoms with Crippen LogP contribution in [0.1, 0.15) is 33.4 Å². The number of amides is 1. The Morgan fingerprint density at radius 1 is 1.00 bits per heavy atom. The molecule has 0 radical (unpaired) electrons. The predicted octanol–water partition coefficient (Wildman–Crippen LogP) is 5.04. The number of carbonyl (C=O) groups is 1. The van der Waals surface area contributed by atoms with E-state index in [-0.39, 0.29) is 11.9 Å². The molecule has 0 aliphatic carbocycles. The van der Waals surface area contributed by atoms with Crippen LogP contribution in [0.2, 0.25) is 0 Å². The first-order valence-electron chi connectivity index (χ1n) is 9.01. The summed E-state index contributed by atoms with van der Waals surface area (Å²) in [7, 11) is 0. The predicted molar refractivity (Wildman–Crippen MR) is 110 cm³/mol. The average Bonchev–Trinajstić information content (AvgIpc) is 3.44. The lowest BCUT2D eigenvalue weighted by Crippen LogP contribution is -2.36. The Kier molecular flexibility index (Phi) is 5.48. The van der Waals surface area contributed by atoms with E-state index in [4.69, 9.17) is 0 Å². The molecule has 4 rings (SSSR count). The van der Waals surface area contributed by atoms with Crippen LogP contribution in [0, 0.1) is 0 Å². The highest BCUT2D eigenvalue weighted by Crippen LogP contribution is 2.30. The molecule has 3 nitrogen and oxygen atoms in total. The van der Waals surface area contributed by atoms with Gasteiger partial charge in [0, 0.05) is 17.0 Å². The molecule has 1 saturated heterocycles. The van der Waals surface area contributed by atoms with Crippen molar-refractivity contribution in [2.45, 2.75) is 18.9 Å². The fraction of sp³-hybridized carbons (Fsp3) is 0.286. The maximum atomic E-state index is 12.9. The molecule has 1 amide bonds. The molecule has 1 fully saturated rings. The van der Waals surface area contributed by atoms with Crippen molar-refractivity contribution in [2.75, 3.05) is 19.6 Å². The highest BCUT2D eigenvalue weighted by Gasteiger charge is 2.25. The van der Waals surface area contributed by atoms with Gasteiger partial charge in [-0.15, -0.1) is 22.7 Å². The van der Waals surface area contributed by atoms with Crippen molar-refractivity contribution >= 4 is 28.6 Å². The second-order valence-corrected chi connectivity index (χ2v) is 8.41. The summed E-state index contributed by atoms with van der Waals surface area (Å²) in [5.74, 6) is 0.0274. The molecule has 1 unspecified atom stereocenters. The summed E-state index contributed by atoms with van der Waals surface area (Å²) >= 11 is 3.29. The molecule has 2 aromatic heterocycles. The van der Waals surface area contributed by atoms with Gasteiger partial charge in [0.25, 0.3) is 5.91 Å². The van der Waals surface area contributed by atoms with E-state index in [1.807, 2.05) is 29.6 Å². The van der Waals surface area contributed by atoms with Crippen molar-refractivity contribution in [1.29, 1.82) is 0 Å². The first kappa shape index (κ1) is 17.5. The molecule has 5 heteroatoms. The molecule has 1 atom stereocenters. The van der Waals surface area contributed by atoms with Crippen molar-refractivity contribution in [3.05, 3.63) is 69.0 Å². The molecule has 0 spiro atoms. The van der Waals surface area contributed by atoms with E-state index in [0.29, 0.717) is 6.54 Å². The molecule has 1 N–H and O–H groups in total. The molecular formula is C21H22N2OS2.